The molecule has 0 bridgehead atoms. The van der Waals surface area contributed by atoms with Crippen LogP contribution in [0.4, 0.5) is 5.69 Å². The fourth-order valence-corrected chi connectivity index (χ4v) is 2.80. The second-order valence-corrected chi connectivity index (χ2v) is 6.08. The molecule has 0 aliphatic heterocycles. The summed E-state index contributed by atoms with van der Waals surface area (Å²) in [6.07, 6.45) is 0.369. The van der Waals surface area contributed by atoms with Crippen LogP contribution in [0.3, 0.4) is 0 Å². The maximum atomic E-state index is 12.7. The van der Waals surface area contributed by atoms with E-state index < -0.39 is 4.92 Å². The molecule has 0 saturated heterocycles. The van der Waals surface area contributed by atoms with Gasteiger partial charge in [-0.15, -0.1) is 0 Å². The molecule has 1 N–H and O–H groups in total. The Bertz CT molecular complexity index is 973. The number of fused-ring (bicyclic) bond motifs is 1. The maximum absolute atomic E-state index is 12.7. The first kappa shape index (κ1) is 15.4. The van der Waals surface area contributed by atoms with Gasteiger partial charge in [0.15, 0.2) is 5.65 Å². The van der Waals surface area contributed by atoms with E-state index in [0.29, 0.717) is 23.3 Å². The number of hydrogen-bond acceptors (Lipinski definition) is 4. The Balaban J connectivity index is 2.06. The molecule has 8 heteroatoms. The molecule has 0 fully saturated rings. The second-order valence-electron chi connectivity index (χ2n) is 5.29. The zero-order chi connectivity index (χ0) is 16.7. The molecular weight excluding hydrogens is 364 g/mol. The van der Waals surface area contributed by atoms with Crippen LogP contribution in [0.1, 0.15) is 22.5 Å². The number of benzene rings is 1. The van der Waals surface area contributed by atoms with E-state index in [4.69, 9.17) is 0 Å². The number of non-ortho nitro benzene ring substituents is 1. The van der Waals surface area contributed by atoms with Gasteiger partial charge in [-0.05, 0) is 35.3 Å². The molecule has 0 atom stereocenters. The van der Waals surface area contributed by atoms with E-state index in [1.54, 1.807) is 19.1 Å². The van der Waals surface area contributed by atoms with Crippen LogP contribution >= 0.6 is 15.9 Å². The number of nitrogens with one attached hydrogen (secondary N) is 1. The topological polar surface area (TPSA) is 93.3 Å². The van der Waals surface area contributed by atoms with Gasteiger partial charge in [0.05, 0.1) is 9.40 Å². The molecule has 0 spiro atoms. The van der Waals surface area contributed by atoms with Gasteiger partial charge in [0.2, 0.25) is 0 Å². The number of nitro benzene ring substituents is 1. The molecule has 7 nitrogen and oxygen atoms in total. The van der Waals surface area contributed by atoms with Crippen molar-refractivity contribution >= 4 is 27.3 Å². The highest BCUT2D eigenvalue weighted by molar-refractivity contribution is 9.10. The fourth-order valence-electron chi connectivity index (χ4n) is 2.44. The number of hydrogen-bond donors (Lipinski definition) is 1. The first-order valence-corrected chi connectivity index (χ1v) is 7.67. The van der Waals surface area contributed by atoms with Crippen LogP contribution in [0.25, 0.3) is 5.65 Å². The number of nitrogens with zero attached hydrogens (tertiary/aromatic N) is 3. The minimum absolute atomic E-state index is 0.0275. The average molecular weight is 377 g/mol. The molecule has 118 valence electrons. The average Bonchev–Trinajstić information content (AvgIpc) is 2.80. The molecule has 0 amide bonds. The summed E-state index contributed by atoms with van der Waals surface area (Å²) in [5, 5.41) is 13.7. The summed E-state index contributed by atoms with van der Waals surface area (Å²) in [5.41, 5.74) is 3.26. The highest BCUT2D eigenvalue weighted by Crippen LogP contribution is 2.21. The van der Waals surface area contributed by atoms with Gasteiger partial charge in [0.1, 0.15) is 0 Å². The van der Waals surface area contributed by atoms with Crippen LogP contribution in [0.5, 0.6) is 0 Å². The number of aromatic nitrogens is 3. The molecule has 3 aromatic rings. The van der Waals surface area contributed by atoms with Crippen molar-refractivity contribution in [3.8, 4) is 0 Å². The highest BCUT2D eigenvalue weighted by atomic mass is 79.9. The van der Waals surface area contributed by atoms with E-state index in [1.807, 2.05) is 6.92 Å². The van der Waals surface area contributed by atoms with Crippen molar-refractivity contribution < 1.29 is 4.92 Å². The Kier molecular flexibility index (Phi) is 3.77. The molecule has 3 rings (SSSR count). The van der Waals surface area contributed by atoms with Crippen molar-refractivity contribution in [1.29, 1.82) is 0 Å². The van der Waals surface area contributed by atoms with E-state index >= 15 is 0 Å². The van der Waals surface area contributed by atoms with Gasteiger partial charge in [-0.25, -0.2) is 4.98 Å². The van der Waals surface area contributed by atoms with E-state index in [0.717, 1.165) is 15.7 Å². The van der Waals surface area contributed by atoms with Crippen LogP contribution in [0.2, 0.25) is 0 Å². The van der Waals surface area contributed by atoms with Gasteiger partial charge < -0.3 is 0 Å². The summed E-state index contributed by atoms with van der Waals surface area (Å²) in [6.45, 7) is 3.64. The molecule has 0 saturated carbocycles. The zero-order valence-electron chi connectivity index (χ0n) is 12.5. The minimum atomic E-state index is -0.448. The monoisotopic (exact) mass is 376 g/mol. The van der Waals surface area contributed by atoms with Crippen LogP contribution in [0.15, 0.2) is 33.5 Å². The predicted octanol–water partition coefficient (Wildman–Crippen LogP) is 2.90. The van der Waals surface area contributed by atoms with Crippen LogP contribution < -0.4 is 5.56 Å². The fraction of sp³-hybridized carbons (Fsp3) is 0.200. The number of aromatic amines is 1. The Morgan fingerprint density at radius 3 is 2.57 bits per heavy atom. The van der Waals surface area contributed by atoms with Gasteiger partial charge in [-0.3, -0.25) is 20.0 Å². The van der Waals surface area contributed by atoms with Crippen molar-refractivity contribution in [2.45, 2.75) is 20.3 Å². The molecule has 0 radical (unpaired) electrons. The zero-order valence-corrected chi connectivity index (χ0v) is 14.0. The van der Waals surface area contributed by atoms with E-state index in [2.05, 4.69) is 26.0 Å². The van der Waals surface area contributed by atoms with E-state index in [-0.39, 0.29) is 11.2 Å². The SMILES string of the molecule is Cc1nc2c(Br)c(C)[nH]n2c(=O)c1Cc1ccc([N+](=O)[O-])cc1. The lowest BCUT2D eigenvalue weighted by Gasteiger charge is -2.06. The summed E-state index contributed by atoms with van der Waals surface area (Å²) in [6, 6.07) is 6.18. The number of nitro groups is 1. The molecule has 23 heavy (non-hydrogen) atoms. The third-order valence-electron chi connectivity index (χ3n) is 3.72. The number of H-pyrrole nitrogens is 1. The lowest BCUT2D eigenvalue weighted by molar-refractivity contribution is -0.384. The van der Waals surface area contributed by atoms with Crippen molar-refractivity contribution in [2.24, 2.45) is 0 Å². The summed E-state index contributed by atoms with van der Waals surface area (Å²) in [4.78, 5) is 27.4. The van der Waals surface area contributed by atoms with Crippen molar-refractivity contribution in [3.05, 3.63) is 71.7 Å². The lowest BCUT2D eigenvalue weighted by atomic mass is 10.0. The quantitative estimate of drug-likeness (QED) is 0.561. The van der Waals surface area contributed by atoms with Crippen molar-refractivity contribution in [1.82, 2.24) is 14.6 Å². The van der Waals surface area contributed by atoms with Crippen molar-refractivity contribution in [3.63, 3.8) is 0 Å². The summed E-state index contributed by atoms with van der Waals surface area (Å²) in [7, 11) is 0. The number of halogens is 1. The van der Waals surface area contributed by atoms with E-state index in [1.165, 1.54) is 16.6 Å². The Hall–Kier alpha value is -2.48. The molecule has 0 unspecified atom stereocenters. The second kappa shape index (κ2) is 5.62. The predicted molar refractivity (Wildman–Crippen MR) is 88.9 cm³/mol. The molecule has 1 aromatic carbocycles. The largest absolute Gasteiger partial charge is 0.293 e. The van der Waals surface area contributed by atoms with Gasteiger partial charge in [0.25, 0.3) is 11.2 Å². The lowest BCUT2D eigenvalue weighted by Crippen LogP contribution is -2.22. The Morgan fingerprint density at radius 2 is 1.96 bits per heavy atom. The number of aryl methyl sites for hydroxylation is 2. The first-order valence-electron chi connectivity index (χ1n) is 6.88. The first-order chi connectivity index (χ1) is 10.9. The molecule has 2 aromatic heterocycles. The Labute approximate surface area is 139 Å². The maximum Gasteiger partial charge on any atom is 0.276 e. The highest BCUT2D eigenvalue weighted by Gasteiger charge is 2.15. The number of rotatable bonds is 3. The van der Waals surface area contributed by atoms with Crippen LogP contribution in [-0.2, 0) is 6.42 Å². The standard InChI is InChI=1S/C15H13BrN4O3/c1-8-12(7-10-3-5-11(6-4-10)20(22)23)15(21)19-14(17-8)13(16)9(2)18-19/h3-6,18H,7H2,1-2H3. The van der Waals surface area contributed by atoms with Gasteiger partial charge in [0, 0.05) is 35.5 Å². The molecular formula is C15H13BrN4O3. The third kappa shape index (κ3) is 2.65. The van der Waals surface area contributed by atoms with Crippen LogP contribution in [0, 0.1) is 24.0 Å². The molecule has 0 aliphatic rings. The molecule has 2 heterocycles. The third-order valence-corrected chi connectivity index (χ3v) is 4.67. The van der Waals surface area contributed by atoms with Gasteiger partial charge >= 0.3 is 0 Å². The summed E-state index contributed by atoms with van der Waals surface area (Å²) < 4.78 is 2.17. The smallest absolute Gasteiger partial charge is 0.276 e. The van der Waals surface area contributed by atoms with E-state index in [9.17, 15) is 14.9 Å². The Morgan fingerprint density at radius 1 is 1.30 bits per heavy atom. The van der Waals surface area contributed by atoms with Gasteiger partial charge in [-0.2, -0.15) is 4.52 Å². The minimum Gasteiger partial charge on any atom is -0.293 e. The normalized spacial score (nSPS) is 11.1. The summed E-state index contributed by atoms with van der Waals surface area (Å²) >= 11 is 3.41. The van der Waals surface area contributed by atoms with Crippen LogP contribution in [-0.4, -0.2) is 19.5 Å². The van der Waals surface area contributed by atoms with Gasteiger partial charge in [-0.1, -0.05) is 12.1 Å². The van der Waals surface area contributed by atoms with Crippen molar-refractivity contribution in [2.75, 3.05) is 0 Å². The summed E-state index contributed by atoms with van der Waals surface area (Å²) in [5.74, 6) is 0. The molecule has 0 aliphatic carbocycles.